The summed E-state index contributed by atoms with van der Waals surface area (Å²) in [4.78, 5) is 2.45. The normalized spacial score (nSPS) is 21.0. The molecule has 1 aliphatic heterocycles. The van der Waals surface area contributed by atoms with Crippen LogP contribution in [0.3, 0.4) is 0 Å². The van der Waals surface area contributed by atoms with Gasteiger partial charge in [-0.15, -0.1) is 24.8 Å². The Bertz CT molecular complexity index is 461. The van der Waals surface area contributed by atoms with Crippen molar-refractivity contribution in [1.29, 1.82) is 0 Å². The molecule has 1 aliphatic carbocycles. The number of benzene rings is 1. The molecular weight excluding hydrogens is 346 g/mol. The lowest BCUT2D eigenvalue weighted by Crippen LogP contribution is -2.46. The van der Waals surface area contributed by atoms with Gasteiger partial charge in [0, 0.05) is 42.8 Å². The van der Waals surface area contributed by atoms with Gasteiger partial charge in [0.05, 0.1) is 0 Å². The summed E-state index contributed by atoms with van der Waals surface area (Å²) in [6, 6.07) is 5.19. The summed E-state index contributed by atoms with van der Waals surface area (Å²) in [6.45, 7) is 3.97. The van der Waals surface area contributed by atoms with Crippen molar-refractivity contribution in [2.24, 2.45) is 5.92 Å². The van der Waals surface area contributed by atoms with Crippen molar-refractivity contribution < 1.29 is 4.39 Å². The number of hydrogen-bond donors (Lipinski definition) is 1. The fourth-order valence-corrected chi connectivity index (χ4v) is 3.90. The number of halogens is 4. The zero-order valence-corrected chi connectivity index (χ0v) is 15.0. The van der Waals surface area contributed by atoms with E-state index in [2.05, 4.69) is 10.2 Å². The molecule has 0 bridgehead atoms. The summed E-state index contributed by atoms with van der Waals surface area (Å²) < 4.78 is 14.3. The van der Waals surface area contributed by atoms with Crippen LogP contribution in [0, 0.1) is 11.7 Å². The second-order valence-electron chi connectivity index (χ2n) is 5.94. The van der Waals surface area contributed by atoms with Crippen LogP contribution < -0.4 is 5.32 Å². The van der Waals surface area contributed by atoms with E-state index in [1.165, 1.54) is 31.7 Å². The first kappa shape index (κ1) is 20.0. The van der Waals surface area contributed by atoms with Crippen molar-refractivity contribution in [3.63, 3.8) is 0 Å². The largest absolute Gasteiger partial charge is 0.314 e. The molecule has 2 fully saturated rings. The lowest BCUT2D eigenvalue weighted by Gasteiger charge is -2.38. The maximum Gasteiger partial charge on any atom is 0.128 e. The second-order valence-corrected chi connectivity index (χ2v) is 6.38. The van der Waals surface area contributed by atoms with Crippen LogP contribution in [0.1, 0.15) is 37.3 Å². The van der Waals surface area contributed by atoms with Crippen molar-refractivity contribution in [2.75, 3.05) is 26.2 Å². The number of rotatable bonds is 3. The molecular formula is C16H24Cl3FN2. The number of piperazine rings is 1. The fourth-order valence-electron chi connectivity index (χ4n) is 3.72. The standard InChI is InChI=1S/C16H22ClFN2.2ClH/c17-13-5-6-15(18)14(11-13)16(12-3-1-2-4-12)20-9-7-19-8-10-20;;/h5-6,11-12,16,19H,1-4,7-10H2;2*1H/t16-;;/m0../s1. The van der Waals surface area contributed by atoms with E-state index in [9.17, 15) is 4.39 Å². The van der Waals surface area contributed by atoms with Gasteiger partial charge in [-0.2, -0.15) is 0 Å². The van der Waals surface area contributed by atoms with E-state index >= 15 is 0 Å². The first-order chi connectivity index (χ1) is 9.75. The second kappa shape index (κ2) is 9.29. The molecule has 0 unspecified atom stereocenters. The molecule has 1 heterocycles. The van der Waals surface area contributed by atoms with Crippen LogP contribution in [0.15, 0.2) is 18.2 Å². The van der Waals surface area contributed by atoms with Crippen LogP contribution in [-0.4, -0.2) is 31.1 Å². The Kier molecular flexibility index (Phi) is 8.44. The molecule has 126 valence electrons. The molecule has 0 aromatic heterocycles. The Balaban J connectivity index is 0.00000121. The van der Waals surface area contributed by atoms with Gasteiger partial charge in [-0.25, -0.2) is 4.39 Å². The highest BCUT2D eigenvalue weighted by Crippen LogP contribution is 2.41. The van der Waals surface area contributed by atoms with Crippen LogP contribution in [0.25, 0.3) is 0 Å². The first-order valence-electron chi connectivity index (χ1n) is 7.65. The maximum atomic E-state index is 14.3. The molecule has 3 rings (SSSR count). The number of hydrogen-bond acceptors (Lipinski definition) is 2. The zero-order valence-electron chi connectivity index (χ0n) is 12.6. The van der Waals surface area contributed by atoms with E-state index < -0.39 is 0 Å². The van der Waals surface area contributed by atoms with Crippen molar-refractivity contribution in [1.82, 2.24) is 10.2 Å². The highest BCUT2D eigenvalue weighted by atomic mass is 35.5. The van der Waals surface area contributed by atoms with E-state index in [4.69, 9.17) is 11.6 Å². The van der Waals surface area contributed by atoms with Gasteiger partial charge in [-0.3, -0.25) is 4.90 Å². The predicted molar refractivity (Wildman–Crippen MR) is 95.0 cm³/mol. The summed E-state index contributed by atoms with van der Waals surface area (Å²) in [5.41, 5.74) is 0.798. The summed E-state index contributed by atoms with van der Waals surface area (Å²) in [6.07, 6.45) is 4.96. The van der Waals surface area contributed by atoms with E-state index in [-0.39, 0.29) is 36.7 Å². The molecule has 0 radical (unpaired) electrons. The summed E-state index contributed by atoms with van der Waals surface area (Å²) in [5, 5.41) is 4.01. The summed E-state index contributed by atoms with van der Waals surface area (Å²) in [5.74, 6) is 0.464. The topological polar surface area (TPSA) is 15.3 Å². The maximum absolute atomic E-state index is 14.3. The number of nitrogens with zero attached hydrogens (tertiary/aromatic N) is 1. The first-order valence-corrected chi connectivity index (χ1v) is 8.03. The molecule has 1 aromatic rings. The quantitative estimate of drug-likeness (QED) is 0.846. The van der Waals surface area contributed by atoms with Gasteiger partial charge < -0.3 is 5.32 Å². The Morgan fingerprint density at radius 3 is 2.41 bits per heavy atom. The minimum absolute atomic E-state index is 0. The Hall–Kier alpha value is -0.0600. The average Bonchev–Trinajstić information content (AvgIpc) is 2.98. The molecule has 1 saturated carbocycles. The monoisotopic (exact) mass is 368 g/mol. The van der Waals surface area contributed by atoms with Crippen molar-refractivity contribution in [3.8, 4) is 0 Å². The molecule has 1 saturated heterocycles. The van der Waals surface area contributed by atoms with Crippen LogP contribution >= 0.6 is 36.4 Å². The zero-order chi connectivity index (χ0) is 13.9. The van der Waals surface area contributed by atoms with E-state index in [0.29, 0.717) is 10.9 Å². The Morgan fingerprint density at radius 1 is 1.14 bits per heavy atom. The predicted octanol–water partition coefficient (Wildman–Crippen LogP) is 4.46. The fraction of sp³-hybridized carbons (Fsp3) is 0.625. The molecule has 1 atom stereocenters. The lowest BCUT2D eigenvalue weighted by molar-refractivity contribution is 0.122. The van der Waals surface area contributed by atoms with Gasteiger partial charge in [0.2, 0.25) is 0 Å². The third-order valence-corrected chi connectivity index (χ3v) is 4.90. The minimum atomic E-state index is -0.107. The van der Waals surface area contributed by atoms with Crippen LogP contribution in [0.5, 0.6) is 0 Å². The van der Waals surface area contributed by atoms with E-state index in [1.54, 1.807) is 6.07 Å². The molecule has 2 aliphatic rings. The van der Waals surface area contributed by atoms with Gasteiger partial charge in [-0.1, -0.05) is 24.4 Å². The Labute approximate surface area is 149 Å². The van der Waals surface area contributed by atoms with Crippen molar-refractivity contribution in [2.45, 2.75) is 31.7 Å². The van der Waals surface area contributed by atoms with Crippen molar-refractivity contribution in [3.05, 3.63) is 34.6 Å². The van der Waals surface area contributed by atoms with Gasteiger partial charge in [0.25, 0.3) is 0 Å². The minimum Gasteiger partial charge on any atom is -0.314 e. The molecule has 0 amide bonds. The third kappa shape index (κ3) is 4.48. The van der Waals surface area contributed by atoms with E-state index in [1.807, 2.05) is 6.07 Å². The highest BCUT2D eigenvalue weighted by molar-refractivity contribution is 6.30. The van der Waals surface area contributed by atoms with E-state index in [0.717, 1.165) is 31.7 Å². The van der Waals surface area contributed by atoms with Crippen LogP contribution in [-0.2, 0) is 0 Å². The van der Waals surface area contributed by atoms with Crippen LogP contribution in [0.2, 0.25) is 5.02 Å². The third-order valence-electron chi connectivity index (χ3n) is 4.67. The van der Waals surface area contributed by atoms with Gasteiger partial charge in [0.15, 0.2) is 0 Å². The highest BCUT2D eigenvalue weighted by Gasteiger charge is 2.33. The molecule has 1 aromatic carbocycles. The number of nitrogens with one attached hydrogen (secondary N) is 1. The summed E-state index contributed by atoms with van der Waals surface area (Å²) in [7, 11) is 0. The summed E-state index contributed by atoms with van der Waals surface area (Å²) >= 11 is 6.11. The molecule has 0 spiro atoms. The SMILES string of the molecule is Cl.Cl.Fc1ccc(Cl)cc1[C@H](C1CCCC1)N1CCNCC1. The molecule has 6 heteroatoms. The Morgan fingerprint density at radius 2 is 1.77 bits per heavy atom. The molecule has 2 nitrogen and oxygen atoms in total. The average molecular weight is 370 g/mol. The lowest BCUT2D eigenvalue weighted by atomic mass is 9.89. The molecule has 22 heavy (non-hydrogen) atoms. The smallest absolute Gasteiger partial charge is 0.128 e. The van der Waals surface area contributed by atoms with Gasteiger partial charge in [-0.05, 0) is 37.0 Å². The van der Waals surface area contributed by atoms with Gasteiger partial charge >= 0.3 is 0 Å². The molecule has 1 N–H and O–H groups in total. The van der Waals surface area contributed by atoms with Crippen molar-refractivity contribution >= 4 is 36.4 Å². The van der Waals surface area contributed by atoms with Crippen LogP contribution in [0.4, 0.5) is 4.39 Å². The van der Waals surface area contributed by atoms with Gasteiger partial charge in [0.1, 0.15) is 5.82 Å².